The molecule has 0 aliphatic rings. The maximum atomic E-state index is 2.35. The van der Waals surface area contributed by atoms with E-state index in [1.54, 1.807) is 0 Å². The van der Waals surface area contributed by atoms with Gasteiger partial charge in [0.1, 0.15) is 0 Å². The van der Waals surface area contributed by atoms with Crippen molar-refractivity contribution >= 4 is 17.1 Å². The summed E-state index contributed by atoms with van der Waals surface area (Å²) >= 11 is 0. The first kappa shape index (κ1) is 20.0. The van der Waals surface area contributed by atoms with Crippen LogP contribution in [-0.4, -0.2) is 0 Å². The second-order valence-corrected chi connectivity index (χ2v) is 8.31. The van der Waals surface area contributed by atoms with Gasteiger partial charge in [-0.15, -0.1) is 0 Å². The molecule has 0 saturated carbocycles. The minimum atomic E-state index is 1.17. The van der Waals surface area contributed by atoms with Gasteiger partial charge in [0.15, 0.2) is 0 Å². The van der Waals surface area contributed by atoms with Crippen molar-refractivity contribution in [3.63, 3.8) is 0 Å². The summed E-state index contributed by atoms with van der Waals surface area (Å²) in [6.45, 7) is 10.8. The first-order valence-corrected chi connectivity index (χ1v) is 10.5. The van der Waals surface area contributed by atoms with Crippen LogP contribution in [0, 0.1) is 34.6 Å². The van der Waals surface area contributed by atoms with Crippen molar-refractivity contribution in [3.05, 3.63) is 113 Å². The highest BCUT2D eigenvalue weighted by Gasteiger charge is 2.15. The average Bonchev–Trinajstić information content (AvgIpc) is 2.74. The molecule has 1 nitrogen and oxygen atoms in total. The van der Waals surface area contributed by atoms with Gasteiger partial charge in [0.2, 0.25) is 0 Å². The summed E-state index contributed by atoms with van der Waals surface area (Å²) in [5.74, 6) is 0. The van der Waals surface area contributed by atoms with Gasteiger partial charge in [-0.3, -0.25) is 0 Å². The third kappa shape index (κ3) is 4.02. The summed E-state index contributed by atoms with van der Waals surface area (Å²) in [5.41, 5.74) is 12.5. The van der Waals surface area contributed by atoms with Crippen molar-refractivity contribution in [1.29, 1.82) is 0 Å². The molecule has 4 aromatic rings. The quantitative estimate of drug-likeness (QED) is 0.338. The lowest BCUT2D eigenvalue weighted by Gasteiger charge is -2.27. The summed E-state index contributed by atoms with van der Waals surface area (Å²) in [7, 11) is 0. The molecule has 150 valence electrons. The lowest BCUT2D eigenvalue weighted by Crippen LogP contribution is -2.11. The zero-order valence-electron chi connectivity index (χ0n) is 18.5. The maximum absolute atomic E-state index is 2.35. The van der Waals surface area contributed by atoms with Crippen LogP contribution in [0.4, 0.5) is 17.1 Å². The second-order valence-electron chi connectivity index (χ2n) is 8.31. The number of nitrogens with zero attached hydrogens (tertiary/aromatic N) is 1. The molecule has 4 rings (SSSR count). The fourth-order valence-corrected chi connectivity index (χ4v) is 3.82. The Hall–Kier alpha value is -3.32. The fraction of sp³-hybridized carbons (Fsp3) is 0.172. The minimum absolute atomic E-state index is 1.17. The maximum Gasteiger partial charge on any atom is 0.0491 e. The van der Waals surface area contributed by atoms with Gasteiger partial charge in [0.25, 0.3) is 0 Å². The molecule has 0 N–H and O–H groups in total. The van der Waals surface area contributed by atoms with E-state index in [1.807, 2.05) is 0 Å². The Morgan fingerprint density at radius 3 is 1.37 bits per heavy atom. The van der Waals surface area contributed by atoms with Crippen molar-refractivity contribution in [2.45, 2.75) is 34.6 Å². The van der Waals surface area contributed by atoms with E-state index < -0.39 is 0 Å². The highest BCUT2D eigenvalue weighted by molar-refractivity contribution is 5.80. The lowest BCUT2D eigenvalue weighted by molar-refractivity contribution is 1.24. The predicted octanol–water partition coefficient (Wildman–Crippen LogP) is 8.37. The summed E-state index contributed by atoms with van der Waals surface area (Å²) < 4.78 is 0. The Labute approximate surface area is 180 Å². The van der Waals surface area contributed by atoms with Crippen LogP contribution in [-0.2, 0) is 0 Å². The molecule has 0 spiro atoms. The number of hydrogen-bond donors (Lipinski definition) is 0. The number of benzene rings is 4. The van der Waals surface area contributed by atoms with E-state index in [4.69, 9.17) is 0 Å². The Bertz CT molecular complexity index is 1120. The summed E-state index contributed by atoms with van der Waals surface area (Å²) in [4.78, 5) is 2.35. The summed E-state index contributed by atoms with van der Waals surface area (Å²) in [6, 6.07) is 31.0. The molecule has 0 bridgehead atoms. The normalized spacial score (nSPS) is 10.8. The molecule has 0 amide bonds. The molecule has 0 aliphatic carbocycles. The van der Waals surface area contributed by atoms with Gasteiger partial charge in [-0.25, -0.2) is 0 Å². The summed E-state index contributed by atoms with van der Waals surface area (Å²) in [6.07, 6.45) is 0. The van der Waals surface area contributed by atoms with Crippen LogP contribution in [0.1, 0.15) is 27.8 Å². The molecule has 0 radical (unpaired) electrons. The Kier molecular flexibility index (Phi) is 5.46. The second kappa shape index (κ2) is 8.20. The third-order valence-electron chi connectivity index (χ3n) is 5.86. The van der Waals surface area contributed by atoms with Crippen LogP contribution in [0.25, 0.3) is 11.1 Å². The molecule has 0 heterocycles. The zero-order chi connectivity index (χ0) is 21.3. The van der Waals surface area contributed by atoms with Gasteiger partial charge in [-0.05, 0) is 98.8 Å². The van der Waals surface area contributed by atoms with Crippen LogP contribution in [0.5, 0.6) is 0 Å². The van der Waals surface area contributed by atoms with Crippen molar-refractivity contribution in [3.8, 4) is 11.1 Å². The number of hydrogen-bond acceptors (Lipinski definition) is 1. The first-order valence-electron chi connectivity index (χ1n) is 10.5. The van der Waals surface area contributed by atoms with E-state index in [2.05, 4.69) is 124 Å². The van der Waals surface area contributed by atoms with E-state index in [9.17, 15) is 0 Å². The molecule has 0 unspecified atom stereocenters. The Morgan fingerprint density at radius 2 is 0.900 bits per heavy atom. The van der Waals surface area contributed by atoms with Gasteiger partial charge in [-0.2, -0.15) is 0 Å². The Balaban J connectivity index is 1.81. The minimum Gasteiger partial charge on any atom is -0.310 e. The van der Waals surface area contributed by atoms with E-state index in [1.165, 1.54) is 56.0 Å². The van der Waals surface area contributed by atoms with Crippen LogP contribution in [0.3, 0.4) is 0 Å². The fourth-order valence-electron chi connectivity index (χ4n) is 3.82. The molecule has 1 heteroatoms. The molecule has 0 atom stereocenters. The number of aryl methyl sites for hydroxylation is 5. The molecule has 4 aromatic carbocycles. The van der Waals surface area contributed by atoms with Gasteiger partial charge < -0.3 is 4.90 Å². The van der Waals surface area contributed by atoms with Gasteiger partial charge in [0.05, 0.1) is 0 Å². The van der Waals surface area contributed by atoms with E-state index in [-0.39, 0.29) is 0 Å². The number of anilines is 3. The topological polar surface area (TPSA) is 3.24 Å². The molecule has 0 aliphatic heterocycles. The standard InChI is InChI=1S/C29H29N/c1-20-6-13-27(14-7-20)30(28-15-8-21(2)9-16-28)29-17-12-26(19-24(29)5)25-11-10-22(3)23(4)18-25/h6-19H,1-5H3. The first-order chi connectivity index (χ1) is 14.4. The molecular formula is C29H29N. The summed E-state index contributed by atoms with van der Waals surface area (Å²) in [5, 5.41) is 0. The van der Waals surface area contributed by atoms with Crippen LogP contribution in [0.2, 0.25) is 0 Å². The predicted molar refractivity (Wildman–Crippen MR) is 130 cm³/mol. The van der Waals surface area contributed by atoms with Gasteiger partial charge in [0, 0.05) is 17.1 Å². The van der Waals surface area contributed by atoms with Gasteiger partial charge >= 0.3 is 0 Å². The molecule has 30 heavy (non-hydrogen) atoms. The highest BCUT2D eigenvalue weighted by Crippen LogP contribution is 2.38. The van der Waals surface area contributed by atoms with Crippen LogP contribution >= 0.6 is 0 Å². The van der Waals surface area contributed by atoms with Crippen LogP contribution in [0.15, 0.2) is 84.9 Å². The Morgan fingerprint density at radius 1 is 0.433 bits per heavy atom. The lowest BCUT2D eigenvalue weighted by atomic mass is 9.98. The van der Waals surface area contributed by atoms with Crippen molar-refractivity contribution in [1.82, 2.24) is 0 Å². The SMILES string of the molecule is Cc1ccc(N(c2ccc(C)cc2)c2ccc(-c3ccc(C)c(C)c3)cc2C)cc1. The number of rotatable bonds is 4. The molecule has 0 saturated heterocycles. The monoisotopic (exact) mass is 391 g/mol. The van der Waals surface area contributed by atoms with E-state index >= 15 is 0 Å². The molecular weight excluding hydrogens is 362 g/mol. The molecule has 0 fully saturated rings. The highest BCUT2D eigenvalue weighted by atomic mass is 15.1. The van der Waals surface area contributed by atoms with Gasteiger partial charge in [-0.1, -0.05) is 59.7 Å². The van der Waals surface area contributed by atoms with Crippen LogP contribution < -0.4 is 4.90 Å². The molecule has 0 aromatic heterocycles. The van der Waals surface area contributed by atoms with Crippen molar-refractivity contribution < 1.29 is 0 Å². The smallest absolute Gasteiger partial charge is 0.0491 e. The van der Waals surface area contributed by atoms with E-state index in [0.29, 0.717) is 0 Å². The zero-order valence-corrected chi connectivity index (χ0v) is 18.5. The average molecular weight is 392 g/mol. The van der Waals surface area contributed by atoms with Crippen molar-refractivity contribution in [2.75, 3.05) is 4.90 Å². The van der Waals surface area contributed by atoms with Crippen molar-refractivity contribution in [2.24, 2.45) is 0 Å². The largest absolute Gasteiger partial charge is 0.310 e. The third-order valence-corrected chi connectivity index (χ3v) is 5.86. The van der Waals surface area contributed by atoms with E-state index in [0.717, 1.165) is 0 Å².